The number of ether oxygens (including phenoxy) is 1. The van der Waals surface area contributed by atoms with Crippen molar-refractivity contribution in [2.45, 2.75) is 12.6 Å². The van der Waals surface area contributed by atoms with E-state index in [0.717, 1.165) is 4.68 Å². The fourth-order valence-corrected chi connectivity index (χ4v) is 2.48. The molecule has 7 nitrogen and oxygen atoms in total. The third kappa shape index (κ3) is 3.64. The second-order valence-electron chi connectivity index (χ2n) is 4.85. The van der Waals surface area contributed by atoms with E-state index in [2.05, 4.69) is 5.10 Å². The van der Waals surface area contributed by atoms with Crippen LogP contribution in [0.2, 0.25) is 10.0 Å². The first kappa shape index (κ1) is 16.6. The van der Waals surface area contributed by atoms with Crippen molar-refractivity contribution in [1.29, 1.82) is 0 Å². The number of nitrogens with zero attached hydrogens (tertiary/aromatic N) is 2. The van der Waals surface area contributed by atoms with Crippen molar-refractivity contribution in [2.24, 2.45) is 0 Å². The molecule has 3 aromatic rings. The number of para-hydroxylation sites is 1. The predicted molar refractivity (Wildman–Crippen MR) is 86.4 cm³/mol. The van der Waals surface area contributed by atoms with E-state index in [4.69, 9.17) is 36.8 Å². The molecule has 126 valence electrons. The van der Waals surface area contributed by atoms with E-state index < -0.39 is 11.9 Å². The predicted octanol–water partition coefficient (Wildman–Crippen LogP) is 2.84. The van der Waals surface area contributed by atoms with E-state index in [1.54, 1.807) is 30.3 Å². The summed E-state index contributed by atoms with van der Waals surface area (Å²) in [6.07, 6.45) is 0.411. The van der Waals surface area contributed by atoms with Gasteiger partial charge in [0.2, 0.25) is 0 Å². The first-order chi connectivity index (χ1) is 11.5. The van der Waals surface area contributed by atoms with Crippen LogP contribution in [0.4, 0.5) is 0 Å². The van der Waals surface area contributed by atoms with Gasteiger partial charge in [0.15, 0.2) is 11.5 Å². The number of hydrogen-bond donors (Lipinski definition) is 1. The summed E-state index contributed by atoms with van der Waals surface area (Å²) in [7, 11) is 0. The smallest absolute Gasteiger partial charge is 0.437 e. The number of aliphatic hydroxyl groups excluding tert-OH is 1. The van der Waals surface area contributed by atoms with E-state index in [1.807, 2.05) is 0 Å². The number of halogens is 2. The van der Waals surface area contributed by atoms with Crippen LogP contribution >= 0.6 is 23.2 Å². The van der Waals surface area contributed by atoms with Crippen molar-refractivity contribution in [3.63, 3.8) is 0 Å². The molecule has 0 aliphatic carbocycles. The van der Waals surface area contributed by atoms with Crippen molar-refractivity contribution in [1.82, 2.24) is 9.78 Å². The van der Waals surface area contributed by atoms with Gasteiger partial charge in [0.1, 0.15) is 12.7 Å². The maximum atomic E-state index is 11.8. The molecular formula is C15H12Cl2N2O5. The van der Waals surface area contributed by atoms with Gasteiger partial charge in [-0.1, -0.05) is 29.3 Å². The minimum Gasteiger partial charge on any atom is -0.488 e. The highest BCUT2D eigenvalue weighted by molar-refractivity contribution is 6.37. The molecule has 0 bridgehead atoms. The molecule has 9 heteroatoms. The number of hydrogen-bond acceptors (Lipinski definition) is 6. The molecule has 2 heterocycles. The highest BCUT2D eigenvalue weighted by atomic mass is 35.5. The van der Waals surface area contributed by atoms with Crippen LogP contribution in [0.1, 0.15) is 0 Å². The van der Waals surface area contributed by atoms with Crippen molar-refractivity contribution in [3.8, 4) is 17.4 Å². The van der Waals surface area contributed by atoms with Gasteiger partial charge in [0, 0.05) is 0 Å². The Bertz CT molecular complexity index is 852. The van der Waals surface area contributed by atoms with Gasteiger partial charge in [-0.2, -0.15) is 4.68 Å². The Morgan fingerprint density at radius 3 is 2.67 bits per heavy atom. The molecule has 0 aliphatic rings. The Morgan fingerprint density at radius 1 is 1.25 bits per heavy atom. The minimum absolute atomic E-state index is 0.0345. The van der Waals surface area contributed by atoms with Gasteiger partial charge in [-0.3, -0.25) is 0 Å². The van der Waals surface area contributed by atoms with Crippen LogP contribution in [0, 0.1) is 0 Å². The van der Waals surface area contributed by atoms with Gasteiger partial charge in [-0.15, -0.1) is 5.10 Å². The molecular weight excluding hydrogens is 359 g/mol. The van der Waals surface area contributed by atoms with Gasteiger partial charge in [-0.05, 0) is 24.3 Å². The zero-order chi connectivity index (χ0) is 17.1. The van der Waals surface area contributed by atoms with Crippen LogP contribution < -0.4 is 10.5 Å². The van der Waals surface area contributed by atoms with Crippen LogP contribution in [0.15, 0.2) is 50.2 Å². The molecule has 2 aromatic heterocycles. The average Bonchev–Trinajstić information content (AvgIpc) is 3.17. The standard InChI is InChI=1S/C15H12Cl2N2O5/c16-10-3-1-4-11(17)13(10)23-8-9(20)7-19-15(21)24-14(18-19)12-5-2-6-22-12/h1-6,9,20H,7-8H2/t9-/m1/s1. The molecule has 0 saturated carbocycles. The summed E-state index contributed by atoms with van der Waals surface area (Å²) in [4.78, 5) is 11.8. The highest BCUT2D eigenvalue weighted by Crippen LogP contribution is 2.32. The van der Waals surface area contributed by atoms with E-state index in [1.165, 1.54) is 6.26 Å². The minimum atomic E-state index is -1.02. The number of aliphatic hydroxyl groups is 1. The van der Waals surface area contributed by atoms with Crippen molar-refractivity contribution < 1.29 is 18.7 Å². The fraction of sp³-hybridized carbons (Fsp3) is 0.200. The fourth-order valence-electron chi connectivity index (χ4n) is 1.97. The van der Waals surface area contributed by atoms with Crippen LogP contribution in [0.3, 0.4) is 0 Å². The second kappa shape index (κ2) is 7.12. The van der Waals surface area contributed by atoms with Gasteiger partial charge in [0.25, 0.3) is 5.89 Å². The summed E-state index contributed by atoms with van der Waals surface area (Å²) in [5, 5.41) is 14.6. The molecule has 0 unspecified atom stereocenters. The Morgan fingerprint density at radius 2 is 2.00 bits per heavy atom. The lowest BCUT2D eigenvalue weighted by Crippen LogP contribution is -2.29. The van der Waals surface area contributed by atoms with Crippen molar-refractivity contribution in [3.05, 3.63) is 57.2 Å². The molecule has 0 aliphatic heterocycles. The summed E-state index contributed by atoms with van der Waals surface area (Å²) in [6, 6.07) is 8.16. The lowest BCUT2D eigenvalue weighted by Gasteiger charge is -2.13. The summed E-state index contributed by atoms with van der Waals surface area (Å²) >= 11 is 11.9. The Hall–Kier alpha value is -2.22. The zero-order valence-electron chi connectivity index (χ0n) is 12.2. The van der Waals surface area contributed by atoms with Crippen LogP contribution in [0.5, 0.6) is 5.75 Å². The number of aromatic nitrogens is 2. The first-order valence-corrected chi connectivity index (χ1v) is 7.67. The monoisotopic (exact) mass is 370 g/mol. The van der Waals surface area contributed by atoms with Crippen LogP contribution in [-0.4, -0.2) is 27.6 Å². The zero-order valence-corrected chi connectivity index (χ0v) is 13.7. The molecule has 0 spiro atoms. The average molecular weight is 371 g/mol. The summed E-state index contributed by atoms with van der Waals surface area (Å²) < 4.78 is 16.5. The topological polar surface area (TPSA) is 90.6 Å². The quantitative estimate of drug-likeness (QED) is 0.717. The SMILES string of the molecule is O=c1oc(-c2ccco2)nn1C[C@@H](O)COc1c(Cl)cccc1Cl. The van der Waals surface area contributed by atoms with Crippen molar-refractivity contribution >= 4 is 23.2 Å². The normalized spacial score (nSPS) is 12.3. The first-order valence-electron chi connectivity index (χ1n) is 6.91. The largest absolute Gasteiger partial charge is 0.488 e. The molecule has 1 aromatic carbocycles. The van der Waals surface area contributed by atoms with E-state index >= 15 is 0 Å². The number of benzene rings is 1. The lowest BCUT2D eigenvalue weighted by molar-refractivity contribution is 0.0876. The maximum Gasteiger partial charge on any atom is 0.437 e. The summed E-state index contributed by atoms with van der Waals surface area (Å²) in [5.74, 6) is -0.0911. The molecule has 0 saturated heterocycles. The Labute approximate surface area is 146 Å². The second-order valence-corrected chi connectivity index (χ2v) is 5.66. The van der Waals surface area contributed by atoms with Crippen LogP contribution in [0.25, 0.3) is 11.7 Å². The molecule has 0 amide bonds. The van der Waals surface area contributed by atoms with E-state index in [0.29, 0.717) is 15.8 Å². The number of furan rings is 1. The van der Waals surface area contributed by atoms with E-state index in [9.17, 15) is 9.90 Å². The molecule has 0 radical (unpaired) electrons. The summed E-state index contributed by atoms with van der Waals surface area (Å²) in [5.41, 5.74) is 0. The molecule has 1 atom stereocenters. The third-order valence-corrected chi connectivity index (χ3v) is 3.66. The maximum absolute atomic E-state index is 11.8. The lowest BCUT2D eigenvalue weighted by atomic mass is 10.3. The van der Waals surface area contributed by atoms with Gasteiger partial charge < -0.3 is 18.7 Å². The summed E-state index contributed by atoms with van der Waals surface area (Å²) in [6.45, 7) is -0.246. The molecule has 3 rings (SSSR count). The third-order valence-electron chi connectivity index (χ3n) is 3.06. The van der Waals surface area contributed by atoms with Gasteiger partial charge in [0.05, 0.1) is 22.9 Å². The molecule has 24 heavy (non-hydrogen) atoms. The van der Waals surface area contributed by atoms with E-state index in [-0.39, 0.29) is 24.8 Å². The van der Waals surface area contributed by atoms with Crippen molar-refractivity contribution in [2.75, 3.05) is 6.61 Å². The number of rotatable bonds is 6. The Kier molecular flexibility index (Phi) is 4.94. The Balaban J connectivity index is 1.65. The van der Waals surface area contributed by atoms with Crippen LogP contribution in [-0.2, 0) is 6.54 Å². The van der Waals surface area contributed by atoms with Gasteiger partial charge >= 0.3 is 5.76 Å². The molecule has 0 fully saturated rings. The highest BCUT2D eigenvalue weighted by Gasteiger charge is 2.16. The van der Waals surface area contributed by atoms with Gasteiger partial charge in [-0.25, -0.2) is 4.79 Å². The molecule has 1 N–H and O–H groups in total.